The molecule has 47 heavy (non-hydrogen) atoms. The third-order valence-electron chi connectivity index (χ3n) is 8.09. The van der Waals surface area contributed by atoms with Crippen molar-refractivity contribution in [1.29, 1.82) is 0 Å². The molecule has 0 N–H and O–H groups in total. The Balaban J connectivity index is 0.000000194. The van der Waals surface area contributed by atoms with E-state index >= 15 is 0 Å². The molecule has 0 atom stereocenters. The van der Waals surface area contributed by atoms with E-state index in [1.807, 2.05) is 66.9 Å². The Kier molecular flexibility index (Phi) is 9.62. The van der Waals surface area contributed by atoms with E-state index in [4.69, 9.17) is 4.98 Å². The van der Waals surface area contributed by atoms with Crippen LogP contribution >= 0.6 is 11.3 Å². The number of thiophene rings is 1. The largest absolute Gasteiger partial charge is 0.360 e. The van der Waals surface area contributed by atoms with Crippen LogP contribution < -0.4 is 5.19 Å². The molecule has 3 heterocycles. The zero-order chi connectivity index (χ0) is 31.7. The zero-order valence-corrected chi connectivity index (χ0v) is 30.5. The van der Waals surface area contributed by atoms with E-state index in [1.54, 1.807) is 11.3 Å². The predicted molar refractivity (Wildman–Crippen MR) is 194 cm³/mol. The molecule has 7 heteroatoms. The molecule has 8 aromatic rings. The number of benzene rings is 5. The topological polar surface area (TPSA) is 30.7 Å². The van der Waals surface area contributed by atoms with Crippen LogP contribution in [0.4, 0.5) is 4.39 Å². The summed E-state index contributed by atoms with van der Waals surface area (Å²) in [5.41, 5.74) is 6.10. The van der Waals surface area contributed by atoms with Crippen LogP contribution in [0.3, 0.4) is 0 Å². The van der Waals surface area contributed by atoms with Gasteiger partial charge < -0.3 is 9.55 Å². The van der Waals surface area contributed by atoms with E-state index in [9.17, 15) is 4.39 Å². The maximum Gasteiger partial charge on any atom is 0.123 e. The van der Waals surface area contributed by atoms with Crippen LogP contribution in [-0.4, -0.2) is 22.6 Å². The summed E-state index contributed by atoms with van der Waals surface area (Å²) in [6.07, 6.45) is 2.02. The van der Waals surface area contributed by atoms with Crippen LogP contribution in [0.25, 0.3) is 53.9 Å². The monoisotopic (exact) mass is 826 g/mol. The molecule has 0 spiro atoms. The van der Waals surface area contributed by atoms with E-state index < -0.39 is 8.07 Å². The summed E-state index contributed by atoms with van der Waals surface area (Å²) < 4.78 is 18.1. The molecule has 1 radical (unpaired) electrons. The fourth-order valence-corrected chi connectivity index (χ4v) is 7.83. The number of fused-ring (bicyclic) bond motifs is 4. The van der Waals surface area contributed by atoms with Gasteiger partial charge in [0.1, 0.15) is 5.82 Å². The Bertz CT molecular complexity index is 2270. The fourth-order valence-electron chi connectivity index (χ4n) is 5.60. The molecular weight excluding hydrogens is 794 g/mol. The van der Waals surface area contributed by atoms with Crippen molar-refractivity contribution in [2.75, 3.05) is 0 Å². The summed E-state index contributed by atoms with van der Waals surface area (Å²) in [6, 6.07) is 46.3. The molecule has 235 valence electrons. The minimum atomic E-state index is -1.23. The van der Waals surface area contributed by atoms with Crippen molar-refractivity contribution in [3.05, 3.63) is 151 Å². The van der Waals surface area contributed by atoms with Crippen molar-refractivity contribution < 1.29 is 24.5 Å². The Morgan fingerprint density at radius 3 is 2.28 bits per heavy atom. The van der Waals surface area contributed by atoms with Gasteiger partial charge in [-0.3, -0.25) is 4.98 Å². The van der Waals surface area contributed by atoms with Crippen LogP contribution in [0.5, 0.6) is 0 Å². The molecule has 8 rings (SSSR count). The molecule has 0 amide bonds. The van der Waals surface area contributed by atoms with Crippen molar-refractivity contribution in [2.45, 2.75) is 26.2 Å². The first-order chi connectivity index (χ1) is 22.3. The first kappa shape index (κ1) is 32.7. The van der Waals surface area contributed by atoms with Crippen molar-refractivity contribution >= 4 is 55.8 Å². The maximum atomic E-state index is 13.4. The van der Waals surface area contributed by atoms with Gasteiger partial charge >= 0.3 is 0 Å². The number of imidazole rings is 1. The van der Waals surface area contributed by atoms with Gasteiger partial charge in [-0.25, -0.2) is 4.39 Å². The number of para-hydroxylation sites is 2. The number of rotatable bonds is 5. The van der Waals surface area contributed by atoms with Gasteiger partial charge in [-0.05, 0) is 56.9 Å². The smallest absolute Gasteiger partial charge is 0.123 e. The van der Waals surface area contributed by atoms with Gasteiger partial charge in [0.25, 0.3) is 0 Å². The number of halogens is 1. The molecule has 0 bridgehead atoms. The first-order valence-corrected chi connectivity index (χ1v) is 19.6. The summed E-state index contributed by atoms with van der Waals surface area (Å²) in [7, 11) is -1.23. The van der Waals surface area contributed by atoms with E-state index in [0.29, 0.717) is 6.54 Å². The van der Waals surface area contributed by atoms with Gasteiger partial charge in [0.15, 0.2) is 0 Å². The van der Waals surface area contributed by atoms with Crippen LogP contribution in [0.2, 0.25) is 19.6 Å². The SMILES string of the molecule is C[Si](C)(C)c1ccc(-c2[c-]cccc2)nc1.Fc1ccc(Cn2c(-c3[c-]ccc4c3sc3ccccc34)nc3ccccc32)cc1.[Ir]. The molecule has 3 aromatic heterocycles. The Morgan fingerprint density at radius 1 is 0.766 bits per heavy atom. The first-order valence-electron chi connectivity index (χ1n) is 15.3. The van der Waals surface area contributed by atoms with Gasteiger partial charge in [-0.2, -0.15) is 11.3 Å². The summed E-state index contributed by atoms with van der Waals surface area (Å²) >= 11 is 1.78. The third-order valence-corrected chi connectivity index (χ3v) is 11.3. The Morgan fingerprint density at radius 2 is 1.53 bits per heavy atom. The number of pyridine rings is 1. The molecule has 0 aliphatic heterocycles. The number of hydrogen-bond acceptors (Lipinski definition) is 3. The van der Waals surface area contributed by atoms with E-state index in [0.717, 1.165) is 39.2 Å². The van der Waals surface area contributed by atoms with E-state index in [-0.39, 0.29) is 25.9 Å². The molecule has 3 nitrogen and oxygen atoms in total. The molecule has 0 unspecified atom stereocenters. The van der Waals surface area contributed by atoms with Gasteiger partial charge in [0.2, 0.25) is 0 Å². The van der Waals surface area contributed by atoms with Gasteiger partial charge in [0, 0.05) is 37.5 Å². The molecule has 0 fully saturated rings. The van der Waals surface area contributed by atoms with Crippen molar-refractivity contribution in [2.24, 2.45) is 0 Å². The second-order valence-electron chi connectivity index (χ2n) is 12.3. The minimum Gasteiger partial charge on any atom is -0.360 e. The quantitative estimate of drug-likeness (QED) is 0.128. The standard InChI is InChI=1S/C26H16FN2S.C14H16NSi.Ir/c27-18-14-12-17(13-15-18)16-29-23-10-3-2-9-22(23)28-26(29)21-8-5-7-20-19-6-1-4-11-24(19)30-25(20)21;1-16(2,3)13-9-10-14(15-11-13)12-7-5-4-6-8-12;/h1-7,9-15H,16H2;4-7,9-11H,1-3H3;/q2*-1;. The van der Waals surface area contributed by atoms with E-state index in [1.165, 1.54) is 37.5 Å². The minimum absolute atomic E-state index is 0. The average Bonchev–Trinajstić information content (AvgIpc) is 3.65. The van der Waals surface area contributed by atoms with Crippen molar-refractivity contribution in [3.63, 3.8) is 0 Å². The maximum absolute atomic E-state index is 13.4. The second kappa shape index (κ2) is 13.8. The predicted octanol–water partition coefficient (Wildman–Crippen LogP) is 10.2. The van der Waals surface area contributed by atoms with Crippen LogP contribution in [0.1, 0.15) is 5.56 Å². The summed E-state index contributed by atoms with van der Waals surface area (Å²) in [5, 5.41) is 3.88. The number of aromatic nitrogens is 3. The molecule has 0 aliphatic rings. The molecular formula is C40H32FIrN3SSi-2. The van der Waals surface area contributed by atoms with Crippen LogP contribution in [0, 0.1) is 17.9 Å². The third kappa shape index (κ3) is 6.90. The molecule has 0 aliphatic carbocycles. The van der Waals surface area contributed by atoms with Gasteiger partial charge in [0.05, 0.1) is 24.9 Å². The summed E-state index contributed by atoms with van der Waals surface area (Å²) in [6.45, 7) is 7.61. The second-order valence-corrected chi connectivity index (χ2v) is 18.4. The number of hydrogen-bond donors (Lipinski definition) is 0. The normalized spacial score (nSPS) is 11.3. The fraction of sp³-hybridized carbons (Fsp3) is 0.100. The summed E-state index contributed by atoms with van der Waals surface area (Å²) in [4.78, 5) is 9.50. The zero-order valence-electron chi connectivity index (χ0n) is 26.3. The number of nitrogens with zero attached hydrogens (tertiary/aromatic N) is 3. The van der Waals surface area contributed by atoms with Gasteiger partial charge in [-0.1, -0.05) is 85.2 Å². The Hall–Kier alpha value is -4.26. The summed E-state index contributed by atoms with van der Waals surface area (Å²) in [5.74, 6) is 0.663. The van der Waals surface area contributed by atoms with Crippen molar-refractivity contribution in [3.8, 4) is 22.6 Å². The van der Waals surface area contributed by atoms with E-state index in [2.05, 4.69) is 89.9 Å². The molecule has 5 aromatic carbocycles. The average molecular weight is 826 g/mol. The molecule has 0 saturated carbocycles. The Labute approximate surface area is 293 Å². The van der Waals surface area contributed by atoms with Crippen LogP contribution in [0.15, 0.2) is 128 Å². The van der Waals surface area contributed by atoms with Gasteiger partial charge in [-0.15, -0.1) is 54.1 Å². The van der Waals surface area contributed by atoms with Crippen LogP contribution in [-0.2, 0) is 26.7 Å². The molecule has 0 saturated heterocycles. The van der Waals surface area contributed by atoms with Crippen molar-refractivity contribution in [1.82, 2.24) is 14.5 Å².